The summed E-state index contributed by atoms with van der Waals surface area (Å²) < 4.78 is 25.8. The van der Waals surface area contributed by atoms with Crippen LogP contribution in [-0.4, -0.2) is 32.1 Å². The second kappa shape index (κ2) is 7.40. The minimum Gasteiger partial charge on any atom is -0.462 e. The zero-order chi connectivity index (χ0) is 15.1. The van der Waals surface area contributed by atoms with E-state index in [1.165, 1.54) is 13.0 Å². The van der Waals surface area contributed by atoms with E-state index in [0.717, 1.165) is 5.37 Å². The van der Waals surface area contributed by atoms with Crippen molar-refractivity contribution in [1.29, 1.82) is 0 Å². The molecule has 0 aromatic heterocycles. The Morgan fingerprint density at radius 2 is 1.70 bits per heavy atom. The summed E-state index contributed by atoms with van der Waals surface area (Å²) in [5, 5.41) is 1.06. The number of hydrogen-bond donors (Lipinski definition) is 0. The monoisotopic (exact) mass is 294 g/mol. The lowest BCUT2D eigenvalue weighted by Crippen LogP contribution is -2.13. The van der Waals surface area contributed by atoms with Crippen molar-refractivity contribution in [1.82, 2.24) is 0 Å². The van der Waals surface area contributed by atoms with E-state index in [9.17, 15) is 18.0 Å². The van der Waals surface area contributed by atoms with Gasteiger partial charge < -0.3 is 4.74 Å². The van der Waals surface area contributed by atoms with Crippen molar-refractivity contribution in [3.05, 3.63) is 41.0 Å². The van der Waals surface area contributed by atoms with Crippen molar-refractivity contribution in [3.8, 4) is 0 Å². The van der Waals surface area contributed by atoms with Crippen molar-refractivity contribution in [2.75, 3.05) is 6.61 Å². The first-order valence-electron chi connectivity index (χ1n) is 5.86. The average molecular weight is 294 g/mol. The number of Topliss-reactive ketones (excluding diaryl/α,β-unsaturated/α-hetero) is 1. The molecule has 1 aromatic carbocycles. The summed E-state index contributed by atoms with van der Waals surface area (Å²) in [6, 6.07) is 6.37. The highest BCUT2D eigenvalue weighted by Crippen LogP contribution is 2.10. The van der Waals surface area contributed by atoms with Crippen LogP contribution in [0.15, 0.2) is 29.8 Å². The zero-order valence-corrected chi connectivity index (χ0v) is 11.9. The topological polar surface area (TPSA) is 77.5 Å². The van der Waals surface area contributed by atoms with Gasteiger partial charge in [-0.05, 0) is 31.1 Å². The average Bonchev–Trinajstić information content (AvgIpc) is 2.37. The standard InChI is InChI=1S/C14H14O5S/c1-3-19-14(16)13(10(2)15)8-11-4-6-12(7-5-11)9-20(17)18/h4-9H,3H2,1-2H3. The van der Waals surface area contributed by atoms with Crippen LogP contribution < -0.4 is 0 Å². The highest BCUT2D eigenvalue weighted by atomic mass is 32.2. The fraction of sp³-hybridized carbons (Fsp3) is 0.214. The molecule has 1 rings (SSSR count). The van der Waals surface area contributed by atoms with Crippen LogP contribution in [0.3, 0.4) is 0 Å². The first kappa shape index (κ1) is 15.8. The molecule has 0 N–H and O–H groups in total. The Morgan fingerprint density at radius 3 is 2.15 bits per heavy atom. The molecule has 5 nitrogen and oxygen atoms in total. The van der Waals surface area contributed by atoms with Crippen LogP contribution in [0, 0.1) is 0 Å². The summed E-state index contributed by atoms with van der Waals surface area (Å²) in [7, 11) is -2.27. The number of ether oxygens (including phenoxy) is 1. The van der Waals surface area contributed by atoms with Gasteiger partial charge in [-0.2, -0.15) is 8.42 Å². The Labute approximate surface area is 118 Å². The molecule has 0 bridgehead atoms. The van der Waals surface area contributed by atoms with Gasteiger partial charge in [0.1, 0.15) is 5.57 Å². The molecule has 0 aliphatic rings. The summed E-state index contributed by atoms with van der Waals surface area (Å²) in [6.07, 6.45) is 1.41. The summed E-state index contributed by atoms with van der Waals surface area (Å²) in [6.45, 7) is 3.13. The molecule has 6 heteroatoms. The second-order valence-corrected chi connectivity index (χ2v) is 4.64. The van der Waals surface area contributed by atoms with E-state index < -0.39 is 16.3 Å². The normalized spacial score (nSPS) is 10.8. The minimum absolute atomic E-state index is 0.0454. The molecular formula is C14H14O5S. The number of carbonyl (C=O) groups is 2. The first-order chi connectivity index (χ1) is 9.43. The van der Waals surface area contributed by atoms with Crippen LogP contribution in [-0.2, 0) is 24.6 Å². The number of hydrogen-bond acceptors (Lipinski definition) is 5. The van der Waals surface area contributed by atoms with Gasteiger partial charge in [-0.25, -0.2) is 4.79 Å². The maximum Gasteiger partial charge on any atom is 0.341 e. The maximum atomic E-state index is 11.6. The smallest absolute Gasteiger partial charge is 0.341 e. The van der Waals surface area contributed by atoms with Gasteiger partial charge in [0.2, 0.25) is 10.3 Å². The fourth-order valence-corrected chi connectivity index (χ4v) is 1.84. The Hall–Kier alpha value is -2.21. The molecule has 0 fully saturated rings. The third kappa shape index (κ3) is 4.81. The predicted molar refractivity (Wildman–Crippen MR) is 75.8 cm³/mol. The van der Waals surface area contributed by atoms with Gasteiger partial charge in [0.25, 0.3) is 0 Å². The third-order valence-corrected chi connectivity index (χ3v) is 2.82. The predicted octanol–water partition coefficient (Wildman–Crippen LogP) is 1.25. The molecule has 0 radical (unpaired) electrons. The first-order valence-corrected chi connectivity index (χ1v) is 7.00. The van der Waals surface area contributed by atoms with Crippen LogP contribution >= 0.6 is 0 Å². The molecule has 0 spiro atoms. The third-order valence-electron chi connectivity index (χ3n) is 2.35. The quantitative estimate of drug-likeness (QED) is 0.268. The molecule has 1 aromatic rings. The second-order valence-electron chi connectivity index (χ2n) is 3.88. The lowest BCUT2D eigenvalue weighted by atomic mass is 10.1. The van der Waals surface area contributed by atoms with Crippen molar-refractivity contribution >= 4 is 33.5 Å². The van der Waals surface area contributed by atoms with E-state index in [4.69, 9.17) is 4.74 Å². The van der Waals surface area contributed by atoms with Crippen molar-refractivity contribution in [3.63, 3.8) is 0 Å². The van der Waals surface area contributed by atoms with Gasteiger partial charge in [0.05, 0.1) is 12.0 Å². The molecular weight excluding hydrogens is 280 g/mol. The van der Waals surface area contributed by atoms with E-state index >= 15 is 0 Å². The van der Waals surface area contributed by atoms with Crippen LogP contribution in [0.25, 0.3) is 6.08 Å². The van der Waals surface area contributed by atoms with Gasteiger partial charge in [-0.1, -0.05) is 24.3 Å². The minimum atomic E-state index is -2.27. The van der Waals surface area contributed by atoms with Gasteiger partial charge in [-0.15, -0.1) is 0 Å². The summed E-state index contributed by atoms with van der Waals surface area (Å²) in [5.74, 6) is -1.06. The van der Waals surface area contributed by atoms with Gasteiger partial charge in [0.15, 0.2) is 5.78 Å². The van der Waals surface area contributed by atoms with E-state index in [0.29, 0.717) is 11.1 Å². The SMILES string of the molecule is CCOC(=O)C(=Cc1ccc(C=S(=O)=O)cc1)C(C)=O. The van der Waals surface area contributed by atoms with Crippen molar-refractivity contribution in [2.24, 2.45) is 0 Å². The molecule has 0 unspecified atom stereocenters. The van der Waals surface area contributed by atoms with Gasteiger partial charge in [0, 0.05) is 0 Å². The van der Waals surface area contributed by atoms with E-state index in [2.05, 4.69) is 0 Å². The Bertz CT molecular complexity index is 658. The Balaban J connectivity index is 3.09. The molecule has 0 aliphatic carbocycles. The highest BCUT2D eigenvalue weighted by molar-refractivity contribution is 7.71. The largest absolute Gasteiger partial charge is 0.462 e. The van der Waals surface area contributed by atoms with E-state index in [1.54, 1.807) is 31.2 Å². The molecule has 20 heavy (non-hydrogen) atoms. The Morgan fingerprint density at radius 1 is 1.15 bits per heavy atom. The summed E-state index contributed by atoms with van der Waals surface area (Å²) in [4.78, 5) is 23.0. The van der Waals surface area contributed by atoms with Crippen LogP contribution in [0.1, 0.15) is 25.0 Å². The van der Waals surface area contributed by atoms with Gasteiger partial charge in [-0.3, -0.25) is 4.79 Å². The molecule has 0 aliphatic heterocycles. The fourth-order valence-electron chi connectivity index (χ4n) is 1.46. The highest BCUT2D eigenvalue weighted by Gasteiger charge is 2.15. The number of benzene rings is 1. The summed E-state index contributed by atoms with van der Waals surface area (Å²) >= 11 is 0. The number of rotatable bonds is 5. The van der Waals surface area contributed by atoms with Crippen LogP contribution in [0.2, 0.25) is 0 Å². The molecule has 106 valence electrons. The Kier molecular flexibility index (Phi) is 5.86. The number of carbonyl (C=O) groups excluding carboxylic acids is 2. The maximum absolute atomic E-state index is 11.6. The zero-order valence-electron chi connectivity index (χ0n) is 11.1. The molecule has 0 amide bonds. The lowest BCUT2D eigenvalue weighted by Gasteiger charge is -2.03. The van der Waals surface area contributed by atoms with Gasteiger partial charge >= 0.3 is 5.97 Å². The lowest BCUT2D eigenvalue weighted by molar-refractivity contribution is -0.139. The molecule has 0 saturated carbocycles. The summed E-state index contributed by atoms with van der Waals surface area (Å²) in [5.41, 5.74) is 1.07. The molecule has 0 saturated heterocycles. The van der Waals surface area contributed by atoms with Crippen molar-refractivity contribution < 1.29 is 22.7 Å². The molecule has 0 heterocycles. The van der Waals surface area contributed by atoms with Crippen LogP contribution in [0.4, 0.5) is 0 Å². The van der Waals surface area contributed by atoms with Crippen molar-refractivity contribution in [2.45, 2.75) is 13.8 Å². The number of esters is 1. The van der Waals surface area contributed by atoms with E-state index in [-0.39, 0.29) is 18.0 Å². The number of ketones is 1. The molecule has 0 atom stereocenters. The van der Waals surface area contributed by atoms with E-state index in [1.807, 2.05) is 0 Å². The van der Waals surface area contributed by atoms with Crippen LogP contribution in [0.5, 0.6) is 0 Å².